The molecule has 2 aromatic heterocycles. The summed E-state index contributed by atoms with van der Waals surface area (Å²) in [7, 11) is 1.53. The van der Waals surface area contributed by atoms with Crippen molar-refractivity contribution in [1.29, 1.82) is 0 Å². The van der Waals surface area contributed by atoms with Crippen LogP contribution < -0.4 is 0 Å². The first-order valence-electron chi connectivity index (χ1n) is 6.97. The standard InChI is InChI=1S/C16H14F2N4O/c1-21(10-14-19-8-9-22(14)16(17)18)15(23)13-7-6-11-4-2-3-5-12(11)20-13/h2-9,16H,10H2,1H3. The smallest absolute Gasteiger partial charge is 0.319 e. The van der Waals surface area contributed by atoms with Gasteiger partial charge < -0.3 is 4.90 Å². The monoisotopic (exact) mass is 316 g/mol. The molecule has 5 nitrogen and oxygen atoms in total. The third-order valence-electron chi connectivity index (χ3n) is 3.50. The predicted molar refractivity (Wildman–Crippen MR) is 81.0 cm³/mol. The van der Waals surface area contributed by atoms with Gasteiger partial charge in [0.25, 0.3) is 5.91 Å². The molecule has 7 heteroatoms. The summed E-state index contributed by atoms with van der Waals surface area (Å²) < 4.78 is 26.4. The molecular formula is C16H14F2N4O. The van der Waals surface area contributed by atoms with Crippen LogP contribution in [0.5, 0.6) is 0 Å². The first-order chi connectivity index (χ1) is 11.1. The zero-order valence-electron chi connectivity index (χ0n) is 12.4. The van der Waals surface area contributed by atoms with Gasteiger partial charge in [0.1, 0.15) is 11.5 Å². The number of fused-ring (bicyclic) bond motifs is 1. The Bertz CT molecular complexity index is 847. The average molecular weight is 316 g/mol. The van der Waals surface area contributed by atoms with Gasteiger partial charge >= 0.3 is 6.55 Å². The number of hydrogen-bond donors (Lipinski definition) is 0. The number of hydrogen-bond acceptors (Lipinski definition) is 3. The zero-order chi connectivity index (χ0) is 16.4. The highest BCUT2D eigenvalue weighted by Gasteiger charge is 2.18. The van der Waals surface area contributed by atoms with Gasteiger partial charge in [0.15, 0.2) is 0 Å². The van der Waals surface area contributed by atoms with Gasteiger partial charge in [-0.3, -0.25) is 9.36 Å². The molecule has 0 atom stereocenters. The second-order valence-corrected chi connectivity index (χ2v) is 5.08. The van der Waals surface area contributed by atoms with Crippen molar-refractivity contribution in [3.8, 4) is 0 Å². The molecule has 2 heterocycles. The minimum absolute atomic E-state index is 0.0231. The molecular weight excluding hydrogens is 302 g/mol. The van der Waals surface area contributed by atoms with Crippen LogP contribution >= 0.6 is 0 Å². The number of nitrogens with zero attached hydrogens (tertiary/aromatic N) is 4. The highest BCUT2D eigenvalue weighted by Crippen LogP contribution is 2.16. The fraction of sp³-hybridized carbons (Fsp3) is 0.188. The number of carbonyl (C=O) groups is 1. The van der Waals surface area contributed by atoms with Gasteiger partial charge in [-0.15, -0.1) is 0 Å². The van der Waals surface area contributed by atoms with Gasteiger partial charge in [0.2, 0.25) is 0 Å². The maximum absolute atomic E-state index is 12.8. The van der Waals surface area contributed by atoms with Crippen molar-refractivity contribution in [2.45, 2.75) is 13.1 Å². The molecule has 0 spiro atoms. The molecule has 0 unspecified atom stereocenters. The van der Waals surface area contributed by atoms with E-state index in [1.54, 1.807) is 6.07 Å². The molecule has 118 valence electrons. The van der Waals surface area contributed by atoms with E-state index in [0.717, 1.165) is 9.95 Å². The van der Waals surface area contributed by atoms with Gasteiger partial charge in [-0.2, -0.15) is 8.78 Å². The van der Waals surface area contributed by atoms with Crippen LogP contribution in [-0.4, -0.2) is 32.4 Å². The molecule has 23 heavy (non-hydrogen) atoms. The number of rotatable bonds is 4. The maximum Gasteiger partial charge on any atom is 0.319 e. The van der Waals surface area contributed by atoms with E-state index >= 15 is 0 Å². The van der Waals surface area contributed by atoms with E-state index in [1.165, 1.54) is 24.3 Å². The maximum atomic E-state index is 12.8. The van der Waals surface area contributed by atoms with Gasteiger partial charge in [0.05, 0.1) is 12.1 Å². The van der Waals surface area contributed by atoms with Crippen LogP contribution in [0.15, 0.2) is 48.8 Å². The second-order valence-electron chi connectivity index (χ2n) is 5.08. The number of pyridine rings is 1. The van der Waals surface area contributed by atoms with Crippen molar-refractivity contribution in [3.63, 3.8) is 0 Å². The quantitative estimate of drug-likeness (QED) is 0.743. The number of imidazole rings is 1. The fourth-order valence-corrected chi connectivity index (χ4v) is 2.31. The number of amides is 1. The molecule has 0 aliphatic carbocycles. The lowest BCUT2D eigenvalue weighted by atomic mass is 10.2. The molecule has 0 saturated carbocycles. The predicted octanol–water partition coefficient (Wildman–Crippen LogP) is 3.10. The number of benzene rings is 1. The average Bonchev–Trinajstić information content (AvgIpc) is 3.02. The Morgan fingerprint density at radius 2 is 2.04 bits per heavy atom. The molecule has 0 radical (unpaired) electrons. The lowest BCUT2D eigenvalue weighted by Crippen LogP contribution is -2.28. The SMILES string of the molecule is CN(Cc1nccn1C(F)F)C(=O)c1ccc2ccccc2n1. The summed E-state index contributed by atoms with van der Waals surface area (Å²) >= 11 is 0. The zero-order valence-corrected chi connectivity index (χ0v) is 12.4. The largest absolute Gasteiger partial charge is 0.333 e. The van der Waals surface area contributed by atoms with Crippen molar-refractivity contribution < 1.29 is 13.6 Å². The molecule has 3 aromatic rings. The molecule has 0 N–H and O–H groups in total. The van der Waals surface area contributed by atoms with Crippen molar-refractivity contribution in [3.05, 3.63) is 60.3 Å². The van der Waals surface area contributed by atoms with Crippen LogP contribution in [0.25, 0.3) is 10.9 Å². The Morgan fingerprint density at radius 3 is 2.83 bits per heavy atom. The van der Waals surface area contributed by atoms with Crippen molar-refractivity contribution in [2.24, 2.45) is 0 Å². The van der Waals surface area contributed by atoms with Gasteiger partial charge in [-0.05, 0) is 12.1 Å². The van der Waals surface area contributed by atoms with E-state index in [2.05, 4.69) is 9.97 Å². The number of para-hydroxylation sites is 1. The van der Waals surface area contributed by atoms with Crippen molar-refractivity contribution in [1.82, 2.24) is 19.4 Å². The Hall–Kier alpha value is -2.83. The Labute approximate surface area is 131 Å². The number of aromatic nitrogens is 3. The summed E-state index contributed by atoms with van der Waals surface area (Å²) in [6.07, 6.45) is 2.47. The molecule has 0 fully saturated rings. The highest BCUT2D eigenvalue weighted by atomic mass is 19.3. The Morgan fingerprint density at radius 1 is 1.26 bits per heavy atom. The molecule has 0 aliphatic heterocycles. The summed E-state index contributed by atoms with van der Waals surface area (Å²) in [4.78, 5) is 21.9. The van der Waals surface area contributed by atoms with Crippen molar-refractivity contribution >= 4 is 16.8 Å². The van der Waals surface area contributed by atoms with Gasteiger partial charge in [-0.25, -0.2) is 9.97 Å². The second kappa shape index (κ2) is 6.12. The van der Waals surface area contributed by atoms with E-state index < -0.39 is 6.55 Å². The third kappa shape index (κ3) is 3.03. The number of halogens is 2. The fourth-order valence-electron chi connectivity index (χ4n) is 2.31. The van der Waals surface area contributed by atoms with Crippen LogP contribution in [0.4, 0.5) is 8.78 Å². The minimum atomic E-state index is -2.69. The lowest BCUT2D eigenvalue weighted by molar-refractivity contribution is 0.0611. The van der Waals surface area contributed by atoms with Crippen LogP contribution in [0.3, 0.4) is 0 Å². The van der Waals surface area contributed by atoms with Gasteiger partial charge in [0, 0.05) is 24.8 Å². The highest BCUT2D eigenvalue weighted by molar-refractivity contribution is 5.94. The number of alkyl halides is 2. The van der Waals surface area contributed by atoms with E-state index in [-0.39, 0.29) is 24.0 Å². The summed E-state index contributed by atoms with van der Waals surface area (Å²) in [6.45, 7) is -2.71. The summed E-state index contributed by atoms with van der Waals surface area (Å²) in [5.41, 5.74) is 0.974. The Kier molecular flexibility index (Phi) is 4.01. The van der Waals surface area contributed by atoms with E-state index in [1.807, 2.05) is 30.3 Å². The summed E-state index contributed by atoms with van der Waals surface area (Å²) in [5, 5.41) is 0.931. The van der Waals surface area contributed by atoms with E-state index in [4.69, 9.17) is 0 Å². The Balaban J connectivity index is 1.82. The normalized spacial score (nSPS) is 11.1. The van der Waals surface area contributed by atoms with E-state index in [0.29, 0.717) is 5.52 Å². The minimum Gasteiger partial charge on any atom is -0.333 e. The third-order valence-corrected chi connectivity index (χ3v) is 3.50. The molecule has 1 amide bonds. The molecule has 0 aliphatic rings. The van der Waals surface area contributed by atoms with Gasteiger partial charge in [-0.1, -0.05) is 24.3 Å². The van der Waals surface area contributed by atoms with Crippen LogP contribution in [0.2, 0.25) is 0 Å². The molecule has 0 bridgehead atoms. The van der Waals surface area contributed by atoms with E-state index in [9.17, 15) is 13.6 Å². The molecule has 0 saturated heterocycles. The summed E-state index contributed by atoms with van der Waals surface area (Å²) in [5.74, 6) is -0.226. The molecule has 3 rings (SSSR count). The van der Waals surface area contributed by atoms with Crippen molar-refractivity contribution in [2.75, 3.05) is 7.05 Å². The number of carbonyl (C=O) groups excluding carboxylic acids is 1. The van der Waals surface area contributed by atoms with Crippen LogP contribution in [0, 0.1) is 0 Å². The summed E-state index contributed by atoms with van der Waals surface area (Å²) in [6, 6.07) is 10.9. The topological polar surface area (TPSA) is 51.0 Å². The van der Waals surface area contributed by atoms with Crippen LogP contribution in [-0.2, 0) is 6.54 Å². The first-order valence-corrected chi connectivity index (χ1v) is 6.97. The molecule has 1 aromatic carbocycles. The first kappa shape index (κ1) is 15.1. The van der Waals surface area contributed by atoms with Crippen LogP contribution in [0.1, 0.15) is 22.9 Å². The lowest BCUT2D eigenvalue weighted by Gasteiger charge is -2.17.